The Kier molecular flexibility index (Phi) is 6.49. The van der Waals surface area contributed by atoms with Crippen LogP contribution in [0.1, 0.15) is 42.5 Å². The van der Waals surface area contributed by atoms with Crippen molar-refractivity contribution in [2.45, 2.75) is 45.6 Å². The number of anilines is 1. The van der Waals surface area contributed by atoms with Crippen LogP contribution in [0.2, 0.25) is 0 Å². The Balaban J connectivity index is 1.74. The van der Waals surface area contributed by atoms with Crippen LogP contribution >= 0.6 is 0 Å². The zero-order valence-electron chi connectivity index (χ0n) is 19.5. The fourth-order valence-corrected chi connectivity index (χ4v) is 4.22. The van der Waals surface area contributed by atoms with E-state index in [4.69, 9.17) is 14.6 Å². The maximum absolute atomic E-state index is 13.3. The predicted molar refractivity (Wildman–Crippen MR) is 128 cm³/mol. The van der Waals surface area contributed by atoms with E-state index >= 15 is 0 Å². The second-order valence-corrected chi connectivity index (χ2v) is 8.36. The van der Waals surface area contributed by atoms with Crippen LogP contribution in [0.4, 0.5) is 5.69 Å². The lowest BCUT2D eigenvalue weighted by Gasteiger charge is -2.23. The van der Waals surface area contributed by atoms with Gasteiger partial charge in [-0.25, -0.2) is 4.68 Å². The molecule has 1 aromatic heterocycles. The molecule has 0 aliphatic heterocycles. The predicted octanol–water partition coefficient (Wildman–Crippen LogP) is 4.31. The summed E-state index contributed by atoms with van der Waals surface area (Å²) in [5.74, 6) is 0.730. The highest BCUT2D eigenvalue weighted by molar-refractivity contribution is 5.95. The maximum Gasteiger partial charge on any atom is 0.271 e. The van der Waals surface area contributed by atoms with Gasteiger partial charge in [0.15, 0.2) is 0 Å². The Hall–Kier alpha value is -3.61. The van der Waals surface area contributed by atoms with Gasteiger partial charge in [-0.1, -0.05) is 29.8 Å². The molecule has 7 nitrogen and oxygen atoms in total. The van der Waals surface area contributed by atoms with Gasteiger partial charge in [-0.2, -0.15) is 5.10 Å². The van der Waals surface area contributed by atoms with Gasteiger partial charge < -0.3 is 14.8 Å². The lowest BCUT2D eigenvalue weighted by atomic mass is 9.89. The minimum Gasteiger partial charge on any atom is -0.497 e. The zero-order valence-corrected chi connectivity index (χ0v) is 19.5. The summed E-state index contributed by atoms with van der Waals surface area (Å²) in [6.07, 6.45) is 3.51. The Morgan fingerprint density at radius 3 is 2.39 bits per heavy atom. The van der Waals surface area contributed by atoms with Gasteiger partial charge >= 0.3 is 0 Å². The molecule has 0 saturated heterocycles. The Bertz CT molecular complexity index is 1230. The standard InChI is InChI=1S/C26H29N3O4/c1-16-9-11-18(12-10-16)24-20-7-5-6-8-21(20)26(31)29(28-24)17(2)25(30)27-22-15-19(32-3)13-14-23(22)33-4/h9-15,17H,5-8H2,1-4H3,(H,27,30)/t17-/m1/s1. The van der Waals surface area contributed by atoms with E-state index in [0.29, 0.717) is 23.6 Å². The van der Waals surface area contributed by atoms with Crippen molar-refractivity contribution in [3.63, 3.8) is 0 Å². The lowest BCUT2D eigenvalue weighted by Crippen LogP contribution is -2.37. The van der Waals surface area contributed by atoms with Crippen LogP contribution in [0.5, 0.6) is 11.5 Å². The van der Waals surface area contributed by atoms with Crippen molar-refractivity contribution in [1.82, 2.24) is 9.78 Å². The second-order valence-electron chi connectivity index (χ2n) is 8.36. The first kappa shape index (κ1) is 22.6. The normalized spacial score (nSPS) is 13.7. The highest BCUT2D eigenvalue weighted by Crippen LogP contribution is 2.31. The molecule has 0 bridgehead atoms. The molecular weight excluding hydrogens is 418 g/mol. The Labute approximate surface area is 193 Å². The van der Waals surface area contributed by atoms with Crippen LogP contribution < -0.4 is 20.3 Å². The zero-order chi connectivity index (χ0) is 23.5. The molecule has 0 radical (unpaired) electrons. The molecule has 7 heteroatoms. The minimum atomic E-state index is -0.815. The van der Waals surface area contributed by atoms with Gasteiger partial charge in [-0.05, 0) is 57.2 Å². The number of nitrogens with zero attached hydrogens (tertiary/aromatic N) is 2. The number of benzene rings is 2. The summed E-state index contributed by atoms with van der Waals surface area (Å²) in [5, 5.41) is 7.58. The van der Waals surface area contributed by atoms with E-state index in [-0.39, 0.29) is 11.5 Å². The first-order valence-electron chi connectivity index (χ1n) is 11.2. The van der Waals surface area contributed by atoms with Crippen molar-refractivity contribution >= 4 is 11.6 Å². The van der Waals surface area contributed by atoms with Gasteiger partial charge in [-0.3, -0.25) is 9.59 Å². The lowest BCUT2D eigenvalue weighted by molar-refractivity contribution is -0.119. The van der Waals surface area contributed by atoms with Gasteiger partial charge in [0.1, 0.15) is 17.5 Å². The number of rotatable bonds is 6. The van der Waals surface area contributed by atoms with Gasteiger partial charge in [0.25, 0.3) is 5.56 Å². The summed E-state index contributed by atoms with van der Waals surface area (Å²) in [7, 11) is 3.09. The number of carbonyl (C=O) groups excluding carboxylic acids is 1. The van der Waals surface area contributed by atoms with Gasteiger partial charge in [-0.15, -0.1) is 0 Å². The van der Waals surface area contributed by atoms with Crippen molar-refractivity contribution in [3.8, 4) is 22.8 Å². The Morgan fingerprint density at radius 1 is 1.03 bits per heavy atom. The van der Waals surface area contributed by atoms with Crippen LogP contribution in [-0.2, 0) is 17.6 Å². The van der Waals surface area contributed by atoms with E-state index in [0.717, 1.165) is 47.2 Å². The number of hydrogen-bond acceptors (Lipinski definition) is 5. The molecule has 0 spiro atoms. The van der Waals surface area contributed by atoms with Crippen molar-refractivity contribution in [2.75, 3.05) is 19.5 Å². The van der Waals surface area contributed by atoms with E-state index in [1.54, 1.807) is 32.2 Å². The molecule has 172 valence electrons. The fraction of sp³-hybridized carbons (Fsp3) is 0.346. The molecule has 0 saturated carbocycles. The summed E-state index contributed by atoms with van der Waals surface area (Å²) in [6.45, 7) is 3.72. The topological polar surface area (TPSA) is 82.4 Å². The van der Waals surface area contributed by atoms with E-state index in [1.807, 2.05) is 31.2 Å². The number of ether oxygens (including phenoxy) is 2. The van der Waals surface area contributed by atoms with Gasteiger partial charge in [0.05, 0.1) is 25.6 Å². The molecule has 1 aliphatic rings. The van der Waals surface area contributed by atoms with Crippen molar-refractivity contribution in [2.24, 2.45) is 0 Å². The summed E-state index contributed by atoms with van der Waals surface area (Å²) < 4.78 is 11.9. The molecule has 1 heterocycles. The smallest absolute Gasteiger partial charge is 0.271 e. The minimum absolute atomic E-state index is 0.194. The van der Waals surface area contributed by atoms with Crippen molar-refractivity contribution < 1.29 is 14.3 Å². The number of aromatic nitrogens is 2. The third-order valence-electron chi connectivity index (χ3n) is 6.16. The molecule has 2 aromatic carbocycles. The third-order valence-corrected chi connectivity index (χ3v) is 6.16. The van der Waals surface area contributed by atoms with Gasteiger partial charge in [0.2, 0.25) is 5.91 Å². The van der Waals surface area contributed by atoms with Crippen LogP contribution in [-0.4, -0.2) is 29.9 Å². The average Bonchev–Trinajstić information content (AvgIpc) is 2.84. The molecule has 0 unspecified atom stereocenters. The van der Waals surface area contributed by atoms with Crippen LogP contribution in [0.3, 0.4) is 0 Å². The quantitative estimate of drug-likeness (QED) is 0.609. The van der Waals surface area contributed by atoms with Crippen LogP contribution in [0, 0.1) is 6.92 Å². The van der Waals surface area contributed by atoms with E-state index in [2.05, 4.69) is 5.32 Å². The molecule has 1 amide bonds. The van der Waals surface area contributed by atoms with E-state index < -0.39 is 6.04 Å². The molecule has 1 aliphatic carbocycles. The number of fused-ring (bicyclic) bond motifs is 1. The highest BCUT2D eigenvalue weighted by atomic mass is 16.5. The molecule has 4 rings (SSSR count). The van der Waals surface area contributed by atoms with Crippen molar-refractivity contribution in [3.05, 3.63) is 69.5 Å². The third kappa shape index (κ3) is 4.49. The summed E-state index contributed by atoms with van der Waals surface area (Å²) in [4.78, 5) is 26.5. The van der Waals surface area contributed by atoms with Gasteiger partial charge in [0, 0.05) is 17.2 Å². The second kappa shape index (κ2) is 9.48. The largest absolute Gasteiger partial charge is 0.497 e. The van der Waals surface area contributed by atoms with E-state index in [1.165, 1.54) is 11.8 Å². The SMILES string of the molecule is COc1ccc(OC)c(NC(=O)[C@@H](C)n2nc(-c3ccc(C)cc3)c3c(c2=O)CCCC3)c1. The molecular formula is C26H29N3O4. The average molecular weight is 448 g/mol. The molecule has 0 fully saturated rings. The fourth-order valence-electron chi connectivity index (χ4n) is 4.22. The number of methoxy groups -OCH3 is 2. The first-order chi connectivity index (χ1) is 15.9. The molecule has 1 N–H and O–H groups in total. The number of carbonyl (C=O) groups is 1. The highest BCUT2D eigenvalue weighted by Gasteiger charge is 2.26. The monoisotopic (exact) mass is 447 g/mol. The van der Waals surface area contributed by atoms with Crippen LogP contribution in [0.25, 0.3) is 11.3 Å². The first-order valence-corrected chi connectivity index (χ1v) is 11.2. The summed E-state index contributed by atoms with van der Waals surface area (Å²) in [6, 6.07) is 12.5. The number of hydrogen-bond donors (Lipinski definition) is 1. The molecule has 3 aromatic rings. The van der Waals surface area contributed by atoms with Crippen molar-refractivity contribution in [1.29, 1.82) is 0 Å². The molecule has 1 atom stereocenters. The van der Waals surface area contributed by atoms with E-state index in [9.17, 15) is 9.59 Å². The number of amides is 1. The summed E-state index contributed by atoms with van der Waals surface area (Å²) in [5.41, 5.74) is 4.94. The Morgan fingerprint density at radius 2 is 1.73 bits per heavy atom. The molecule has 33 heavy (non-hydrogen) atoms. The maximum atomic E-state index is 13.3. The van der Waals surface area contributed by atoms with Crippen LogP contribution in [0.15, 0.2) is 47.3 Å². The number of nitrogens with one attached hydrogen (secondary N) is 1. The summed E-state index contributed by atoms with van der Waals surface area (Å²) >= 11 is 0. The number of aryl methyl sites for hydroxylation is 1.